The van der Waals surface area contributed by atoms with Crippen LogP contribution in [0.25, 0.3) is 0 Å². The van der Waals surface area contributed by atoms with Crippen LogP contribution in [-0.2, 0) is 0 Å². The van der Waals surface area contributed by atoms with E-state index < -0.39 is 5.60 Å². The molecule has 3 heteroatoms. The number of allylic oxidation sites excluding steroid dienone is 1. The molecule has 0 aromatic heterocycles. The van der Waals surface area contributed by atoms with Gasteiger partial charge in [0.1, 0.15) is 5.60 Å². The molecule has 0 heterocycles. The van der Waals surface area contributed by atoms with E-state index in [1.165, 1.54) is 5.57 Å². The molecule has 24 heavy (non-hydrogen) atoms. The molecule has 0 unspecified atom stereocenters. The fraction of sp³-hybridized carbons (Fsp3) is 0.810. The van der Waals surface area contributed by atoms with Gasteiger partial charge in [-0.1, -0.05) is 31.4 Å². The van der Waals surface area contributed by atoms with E-state index in [1.54, 1.807) is 0 Å². The number of fused-ring (bicyclic) bond motifs is 5. The molecular weight excluding hydrogens is 320 g/mol. The first-order chi connectivity index (χ1) is 11.3. The summed E-state index contributed by atoms with van der Waals surface area (Å²) in [5.74, 6) is 4.81. The molecule has 3 fully saturated rings. The fourth-order valence-corrected chi connectivity index (χ4v) is 7.10. The van der Waals surface area contributed by atoms with Crippen LogP contribution in [0.3, 0.4) is 0 Å². The van der Waals surface area contributed by atoms with Crippen LogP contribution in [0.5, 0.6) is 0 Å². The predicted octanol–water partition coefficient (Wildman–Crippen LogP) is 4.24. The average molecular weight is 349 g/mol. The molecule has 0 aromatic rings. The third kappa shape index (κ3) is 2.11. The Labute approximate surface area is 150 Å². The van der Waals surface area contributed by atoms with Crippen LogP contribution in [0.1, 0.15) is 65.2 Å². The van der Waals surface area contributed by atoms with Gasteiger partial charge >= 0.3 is 0 Å². The van der Waals surface area contributed by atoms with Gasteiger partial charge in [-0.2, -0.15) is 0 Å². The van der Waals surface area contributed by atoms with Crippen molar-refractivity contribution in [3.8, 4) is 11.3 Å². The van der Waals surface area contributed by atoms with E-state index in [2.05, 4.69) is 31.2 Å². The van der Waals surface area contributed by atoms with E-state index in [0.717, 1.165) is 51.4 Å². The zero-order valence-corrected chi connectivity index (χ0v) is 15.6. The van der Waals surface area contributed by atoms with Gasteiger partial charge in [0, 0.05) is 10.8 Å². The summed E-state index contributed by atoms with van der Waals surface area (Å²) in [5, 5.41) is 23.7. The van der Waals surface area contributed by atoms with Gasteiger partial charge in [0.2, 0.25) is 0 Å². The van der Waals surface area contributed by atoms with E-state index in [1.807, 2.05) is 0 Å². The first kappa shape index (κ1) is 17.0. The average Bonchev–Trinajstić information content (AvgIpc) is 2.80. The lowest BCUT2D eigenvalue weighted by Gasteiger charge is -2.58. The molecule has 0 aromatic carbocycles. The summed E-state index contributed by atoms with van der Waals surface area (Å²) in [7, 11) is 0. The molecule has 0 bridgehead atoms. The molecule has 4 rings (SSSR count). The number of aliphatic hydroxyl groups excluding tert-OH is 1. The maximum Gasteiger partial charge on any atom is 0.132 e. The summed E-state index contributed by atoms with van der Waals surface area (Å²) in [6.07, 6.45) is 10.3. The molecule has 0 spiro atoms. The maximum atomic E-state index is 11.2. The second-order valence-corrected chi connectivity index (χ2v) is 9.42. The van der Waals surface area contributed by atoms with Crippen LogP contribution >= 0.6 is 11.6 Å². The zero-order valence-electron chi connectivity index (χ0n) is 14.8. The van der Waals surface area contributed by atoms with Crippen LogP contribution in [0.2, 0.25) is 0 Å². The number of hydrogen-bond acceptors (Lipinski definition) is 2. The SMILES string of the molecule is C[C@@]12CC[C@H](O)CC1=CC[C@H]1[C@H]3CC[C@@](O)(C#CCl)[C@]3(C)CC[C@@H]12. The summed E-state index contributed by atoms with van der Waals surface area (Å²) >= 11 is 5.67. The zero-order chi connectivity index (χ0) is 17.2. The van der Waals surface area contributed by atoms with Gasteiger partial charge in [0.15, 0.2) is 0 Å². The Hall–Kier alpha value is -0.490. The predicted molar refractivity (Wildman–Crippen MR) is 96.3 cm³/mol. The smallest absolute Gasteiger partial charge is 0.132 e. The Morgan fingerprint density at radius 2 is 1.88 bits per heavy atom. The van der Waals surface area contributed by atoms with Gasteiger partial charge in [-0.25, -0.2) is 0 Å². The largest absolute Gasteiger partial charge is 0.393 e. The molecule has 4 aliphatic rings. The van der Waals surface area contributed by atoms with Crippen molar-refractivity contribution in [1.82, 2.24) is 0 Å². The van der Waals surface area contributed by atoms with Gasteiger partial charge < -0.3 is 10.2 Å². The number of rotatable bonds is 0. The maximum absolute atomic E-state index is 11.2. The Bertz CT molecular complexity index is 631. The second-order valence-electron chi connectivity index (χ2n) is 9.23. The summed E-state index contributed by atoms with van der Waals surface area (Å²) in [6, 6.07) is 0. The molecule has 3 saturated carbocycles. The molecule has 0 saturated heterocycles. The van der Waals surface area contributed by atoms with Gasteiger partial charge in [-0.05, 0) is 86.1 Å². The molecule has 4 aliphatic carbocycles. The summed E-state index contributed by atoms with van der Waals surface area (Å²) < 4.78 is 0. The molecule has 2 N–H and O–H groups in total. The highest BCUT2D eigenvalue weighted by atomic mass is 35.5. The number of hydrogen-bond donors (Lipinski definition) is 2. The molecular formula is C21H29ClO2. The van der Waals surface area contributed by atoms with E-state index in [4.69, 9.17) is 11.6 Å². The number of aliphatic hydroxyl groups is 2. The van der Waals surface area contributed by atoms with E-state index in [0.29, 0.717) is 17.8 Å². The van der Waals surface area contributed by atoms with Crippen molar-refractivity contribution in [2.45, 2.75) is 76.9 Å². The van der Waals surface area contributed by atoms with Crippen LogP contribution in [-0.4, -0.2) is 21.9 Å². The van der Waals surface area contributed by atoms with Crippen molar-refractivity contribution in [2.24, 2.45) is 28.6 Å². The lowest BCUT2D eigenvalue weighted by Crippen LogP contribution is -2.54. The quantitative estimate of drug-likeness (QED) is 0.507. The summed E-state index contributed by atoms with van der Waals surface area (Å²) in [4.78, 5) is 0. The van der Waals surface area contributed by atoms with Gasteiger partial charge in [-0.15, -0.1) is 0 Å². The van der Waals surface area contributed by atoms with E-state index in [9.17, 15) is 10.2 Å². The monoisotopic (exact) mass is 348 g/mol. The molecule has 2 nitrogen and oxygen atoms in total. The van der Waals surface area contributed by atoms with Gasteiger partial charge in [-0.3, -0.25) is 0 Å². The lowest BCUT2D eigenvalue weighted by atomic mass is 9.47. The topological polar surface area (TPSA) is 40.5 Å². The van der Waals surface area contributed by atoms with Crippen molar-refractivity contribution < 1.29 is 10.2 Å². The van der Waals surface area contributed by atoms with Gasteiger partial charge in [0.05, 0.1) is 6.10 Å². The Morgan fingerprint density at radius 1 is 1.12 bits per heavy atom. The minimum absolute atomic E-state index is 0.133. The van der Waals surface area contributed by atoms with Crippen LogP contribution in [0.15, 0.2) is 11.6 Å². The summed E-state index contributed by atoms with van der Waals surface area (Å²) in [6.45, 7) is 4.68. The van der Waals surface area contributed by atoms with Crippen molar-refractivity contribution in [3.05, 3.63) is 11.6 Å². The first-order valence-corrected chi connectivity index (χ1v) is 9.95. The highest BCUT2D eigenvalue weighted by Gasteiger charge is 2.63. The highest BCUT2D eigenvalue weighted by Crippen LogP contribution is 2.67. The lowest BCUT2D eigenvalue weighted by molar-refractivity contribution is -0.0970. The molecule has 0 aliphatic heterocycles. The van der Waals surface area contributed by atoms with Crippen molar-refractivity contribution >= 4 is 11.6 Å². The van der Waals surface area contributed by atoms with Crippen LogP contribution < -0.4 is 0 Å². The second kappa shape index (κ2) is 5.50. The van der Waals surface area contributed by atoms with Crippen molar-refractivity contribution in [1.29, 1.82) is 0 Å². The number of halogens is 1. The molecule has 7 atom stereocenters. The Morgan fingerprint density at radius 3 is 2.62 bits per heavy atom. The molecule has 0 radical (unpaired) electrons. The minimum Gasteiger partial charge on any atom is -0.393 e. The van der Waals surface area contributed by atoms with Gasteiger partial charge in [0.25, 0.3) is 0 Å². The first-order valence-electron chi connectivity index (χ1n) is 9.57. The highest BCUT2D eigenvalue weighted by molar-refractivity contribution is 6.30. The molecule has 0 amide bonds. The Kier molecular flexibility index (Phi) is 3.89. The Balaban J connectivity index is 1.69. The fourth-order valence-electron chi connectivity index (χ4n) is 6.94. The third-order valence-corrected chi connectivity index (χ3v) is 8.58. The van der Waals surface area contributed by atoms with Crippen molar-refractivity contribution in [3.63, 3.8) is 0 Å². The van der Waals surface area contributed by atoms with E-state index >= 15 is 0 Å². The summed E-state index contributed by atoms with van der Waals surface area (Å²) in [5.41, 5.74) is 0.701. The van der Waals surface area contributed by atoms with Crippen LogP contribution in [0.4, 0.5) is 0 Å². The van der Waals surface area contributed by atoms with Crippen molar-refractivity contribution in [2.75, 3.05) is 0 Å². The standard InChI is InChI=1S/C21H29ClO2/c1-19-8-5-15(23)13-14(19)3-4-16-17(19)6-9-20(2)18(16)7-10-21(20,24)11-12-22/h3,15-18,23-24H,4-10,13H2,1-2H3/t15-,16+,17-,18+,19+,20+,21+/m0/s1. The normalized spacial score (nSPS) is 53.1. The van der Waals surface area contributed by atoms with Crippen LogP contribution in [0, 0.1) is 39.9 Å². The third-order valence-electron chi connectivity index (χ3n) is 8.48. The minimum atomic E-state index is -0.919. The molecule has 132 valence electrons. The van der Waals surface area contributed by atoms with E-state index in [-0.39, 0.29) is 16.9 Å².